The maximum atomic E-state index is 13.7. The summed E-state index contributed by atoms with van der Waals surface area (Å²) in [6, 6.07) is 12.0. The fraction of sp³-hybridized carbons (Fsp3) is 0.423. The van der Waals surface area contributed by atoms with E-state index in [9.17, 15) is 9.59 Å². The number of amides is 2. The van der Waals surface area contributed by atoms with Gasteiger partial charge < -0.3 is 4.90 Å². The minimum atomic E-state index is -0.127. The molecule has 0 radical (unpaired) electrons. The van der Waals surface area contributed by atoms with Crippen LogP contribution < -0.4 is 0 Å². The summed E-state index contributed by atoms with van der Waals surface area (Å²) in [5.74, 6) is -0.248. The van der Waals surface area contributed by atoms with Crippen LogP contribution in [0.15, 0.2) is 54.5 Å². The second-order valence-electron chi connectivity index (χ2n) is 8.55. The van der Waals surface area contributed by atoms with Crippen LogP contribution in [-0.4, -0.2) is 45.7 Å². The lowest BCUT2D eigenvalue weighted by atomic mass is 9.94. The summed E-state index contributed by atoms with van der Waals surface area (Å²) in [4.78, 5) is 35.0. The Hall–Kier alpha value is -2.95. The second kappa shape index (κ2) is 9.46. The van der Waals surface area contributed by atoms with Crippen molar-refractivity contribution in [2.24, 2.45) is 0 Å². The minimum Gasteiger partial charge on any atom is -0.366 e. The Morgan fingerprint density at radius 3 is 2.29 bits per heavy atom. The second-order valence-corrected chi connectivity index (χ2v) is 8.55. The van der Waals surface area contributed by atoms with Gasteiger partial charge in [-0.1, -0.05) is 49.1 Å². The average molecular weight is 418 g/mol. The van der Waals surface area contributed by atoms with Crippen molar-refractivity contribution in [2.45, 2.75) is 58.4 Å². The molecule has 2 amide bonds. The van der Waals surface area contributed by atoms with Gasteiger partial charge in [0.25, 0.3) is 11.8 Å². The van der Waals surface area contributed by atoms with Gasteiger partial charge in [-0.2, -0.15) is 0 Å². The van der Waals surface area contributed by atoms with Crippen LogP contribution in [0.3, 0.4) is 0 Å². The first-order valence-electron chi connectivity index (χ1n) is 11.4. The lowest BCUT2D eigenvalue weighted by Gasteiger charge is -2.31. The summed E-state index contributed by atoms with van der Waals surface area (Å²) in [6.45, 7) is 5.44. The lowest BCUT2D eigenvalue weighted by Crippen LogP contribution is -2.43. The molecule has 5 nitrogen and oxygen atoms in total. The highest BCUT2D eigenvalue weighted by atomic mass is 16.2. The molecular formula is C26H31N3O2. The molecule has 1 aromatic carbocycles. The number of rotatable bonds is 7. The SMILES string of the molecule is CCN(CCc1ccncc1)C1=C(c2ccc(C)cc2)C(=O)N(C2CCCCC2)C1=O. The maximum Gasteiger partial charge on any atom is 0.278 e. The molecule has 0 saturated heterocycles. The number of nitrogens with zero attached hydrogens (tertiary/aromatic N) is 3. The van der Waals surface area contributed by atoms with Crippen molar-refractivity contribution in [1.29, 1.82) is 0 Å². The number of imide groups is 1. The van der Waals surface area contributed by atoms with Crippen molar-refractivity contribution < 1.29 is 9.59 Å². The van der Waals surface area contributed by atoms with Crippen LogP contribution in [0.2, 0.25) is 0 Å². The molecule has 1 aliphatic carbocycles. The van der Waals surface area contributed by atoms with Crippen LogP contribution in [-0.2, 0) is 16.0 Å². The van der Waals surface area contributed by atoms with E-state index in [4.69, 9.17) is 0 Å². The summed E-state index contributed by atoms with van der Waals surface area (Å²) in [5, 5.41) is 0. The quantitative estimate of drug-likeness (QED) is 0.628. The van der Waals surface area contributed by atoms with Crippen LogP contribution >= 0.6 is 0 Å². The fourth-order valence-corrected chi connectivity index (χ4v) is 4.72. The molecule has 0 atom stereocenters. The number of aryl methyl sites for hydroxylation is 1. The molecule has 0 unspecified atom stereocenters. The van der Waals surface area contributed by atoms with Gasteiger partial charge in [0, 0.05) is 31.5 Å². The van der Waals surface area contributed by atoms with Crippen molar-refractivity contribution in [3.8, 4) is 0 Å². The van der Waals surface area contributed by atoms with E-state index in [1.54, 1.807) is 17.3 Å². The van der Waals surface area contributed by atoms with E-state index in [-0.39, 0.29) is 17.9 Å². The Balaban J connectivity index is 1.69. The van der Waals surface area contributed by atoms with Gasteiger partial charge >= 0.3 is 0 Å². The highest BCUT2D eigenvalue weighted by Gasteiger charge is 2.44. The molecule has 2 heterocycles. The van der Waals surface area contributed by atoms with Gasteiger partial charge in [-0.3, -0.25) is 19.5 Å². The normalized spacial score (nSPS) is 17.5. The third kappa shape index (κ3) is 4.41. The van der Waals surface area contributed by atoms with Gasteiger partial charge in [-0.25, -0.2) is 0 Å². The Labute approximate surface area is 184 Å². The first-order chi connectivity index (χ1) is 15.1. The van der Waals surface area contributed by atoms with Crippen LogP contribution in [0.25, 0.3) is 5.57 Å². The molecule has 0 bridgehead atoms. The number of hydrogen-bond donors (Lipinski definition) is 0. The zero-order valence-electron chi connectivity index (χ0n) is 18.5. The monoisotopic (exact) mass is 417 g/mol. The van der Waals surface area contributed by atoms with Crippen molar-refractivity contribution in [3.05, 3.63) is 71.2 Å². The zero-order chi connectivity index (χ0) is 21.8. The van der Waals surface area contributed by atoms with Gasteiger partial charge in [0.15, 0.2) is 0 Å². The summed E-state index contributed by atoms with van der Waals surface area (Å²) >= 11 is 0. The van der Waals surface area contributed by atoms with E-state index in [2.05, 4.69) is 9.88 Å². The van der Waals surface area contributed by atoms with Crippen LogP contribution in [0.5, 0.6) is 0 Å². The Bertz CT molecular complexity index is 960. The molecule has 1 aliphatic heterocycles. The average Bonchev–Trinajstić information content (AvgIpc) is 3.06. The number of hydrogen-bond acceptors (Lipinski definition) is 4. The van der Waals surface area contributed by atoms with Gasteiger partial charge in [-0.15, -0.1) is 0 Å². The molecular weight excluding hydrogens is 386 g/mol. The Morgan fingerprint density at radius 2 is 1.65 bits per heavy atom. The highest BCUT2D eigenvalue weighted by molar-refractivity contribution is 6.35. The van der Waals surface area contributed by atoms with Crippen LogP contribution in [0, 0.1) is 6.92 Å². The summed E-state index contributed by atoms with van der Waals surface area (Å²) in [6.07, 6.45) is 9.54. The molecule has 1 saturated carbocycles. The molecule has 0 N–H and O–H groups in total. The van der Waals surface area contributed by atoms with Crippen molar-refractivity contribution >= 4 is 17.4 Å². The molecule has 2 aliphatic rings. The first kappa shape index (κ1) is 21.3. The predicted molar refractivity (Wildman–Crippen MR) is 122 cm³/mol. The lowest BCUT2D eigenvalue weighted by molar-refractivity contribution is -0.141. The van der Waals surface area contributed by atoms with E-state index >= 15 is 0 Å². The summed E-state index contributed by atoms with van der Waals surface area (Å²) < 4.78 is 0. The van der Waals surface area contributed by atoms with E-state index in [0.717, 1.165) is 43.2 Å². The Kier molecular flexibility index (Phi) is 6.50. The third-order valence-corrected chi connectivity index (χ3v) is 6.49. The maximum absolute atomic E-state index is 13.7. The van der Waals surface area contributed by atoms with Crippen LogP contribution in [0.1, 0.15) is 55.7 Å². The number of carbonyl (C=O) groups is 2. The van der Waals surface area contributed by atoms with Crippen LogP contribution in [0.4, 0.5) is 0 Å². The molecule has 0 spiro atoms. The largest absolute Gasteiger partial charge is 0.366 e. The topological polar surface area (TPSA) is 53.5 Å². The van der Waals surface area contributed by atoms with E-state index in [1.165, 1.54) is 12.0 Å². The number of aromatic nitrogens is 1. The summed E-state index contributed by atoms with van der Waals surface area (Å²) in [7, 11) is 0. The smallest absolute Gasteiger partial charge is 0.278 e. The van der Waals surface area contributed by atoms with E-state index in [1.807, 2.05) is 50.2 Å². The van der Waals surface area contributed by atoms with Gasteiger partial charge in [-0.05, 0) is 56.4 Å². The molecule has 5 heteroatoms. The van der Waals surface area contributed by atoms with Gasteiger partial charge in [0.05, 0.1) is 5.57 Å². The first-order valence-corrected chi connectivity index (χ1v) is 11.4. The Morgan fingerprint density at radius 1 is 0.968 bits per heavy atom. The molecule has 1 aromatic heterocycles. The molecule has 1 fully saturated rings. The van der Waals surface area contributed by atoms with E-state index in [0.29, 0.717) is 24.4 Å². The van der Waals surface area contributed by atoms with Crippen molar-refractivity contribution in [2.75, 3.05) is 13.1 Å². The van der Waals surface area contributed by atoms with Gasteiger partial charge in [0.1, 0.15) is 5.70 Å². The number of pyridine rings is 1. The fourth-order valence-electron chi connectivity index (χ4n) is 4.72. The number of benzene rings is 1. The van der Waals surface area contributed by atoms with E-state index < -0.39 is 0 Å². The molecule has 162 valence electrons. The molecule has 4 rings (SSSR count). The minimum absolute atomic E-state index is 0.0191. The standard InChI is InChI=1S/C26H31N3O2/c1-3-28(18-15-20-13-16-27-17-14-20)24-23(21-11-9-19(2)10-12-21)25(30)29(26(24)31)22-7-5-4-6-8-22/h9-14,16-17,22H,3-8,15,18H2,1-2H3. The van der Waals surface area contributed by atoms with Crippen molar-refractivity contribution in [1.82, 2.24) is 14.8 Å². The van der Waals surface area contributed by atoms with Crippen molar-refractivity contribution in [3.63, 3.8) is 0 Å². The zero-order valence-corrected chi connectivity index (χ0v) is 18.5. The van der Waals surface area contributed by atoms with Gasteiger partial charge in [0.2, 0.25) is 0 Å². The molecule has 31 heavy (non-hydrogen) atoms. The highest BCUT2D eigenvalue weighted by Crippen LogP contribution is 2.36. The number of carbonyl (C=O) groups excluding carboxylic acids is 2. The summed E-state index contributed by atoms with van der Waals surface area (Å²) in [5.41, 5.74) is 4.27. The number of likely N-dealkylation sites (N-methyl/N-ethyl adjacent to an activating group) is 1. The molecule has 2 aromatic rings. The predicted octanol–water partition coefficient (Wildman–Crippen LogP) is 4.37. The third-order valence-electron chi connectivity index (χ3n) is 6.49.